The van der Waals surface area contributed by atoms with Crippen LogP contribution in [0.2, 0.25) is 0 Å². The second-order valence-corrected chi connectivity index (χ2v) is 3.41. The van der Waals surface area contributed by atoms with Gasteiger partial charge in [-0.3, -0.25) is 9.59 Å². The van der Waals surface area contributed by atoms with Crippen molar-refractivity contribution < 1.29 is 18.7 Å². The van der Waals surface area contributed by atoms with Crippen molar-refractivity contribution in [3.8, 4) is 0 Å². The summed E-state index contributed by atoms with van der Waals surface area (Å²) in [7, 11) is 0. The molecule has 0 spiro atoms. The molecule has 0 radical (unpaired) electrons. The molecule has 0 saturated carbocycles. The zero-order valence-corrected chi connectivity index (χ0v) is 7.73. The topological polar surface area (TPSA) is 56.5 Å². The minimum atomic E-state index is -0.650. The van der Waals surface area contributed by atoms with Crippen molar-refractivity contribution in [3.05, 3.63) is 24.2 Å². The molecular weight excluding hydrogens is 184 g/mol. The first-order valence-electron chi connectivity index (χ1n) is 4.45. The highest BCUT2D eigenvalue weighted by Gasteiger charge is 2.37. The summed E-state index contributed by atoms with van der Waals surface area (Å²) in [5.74, 6) is -1.29. The number of rotatable bonds is 2. The van der Waals surface area contributed by atoms with Crippen molar-refractivity contribution >= 4 is 11.8 Å². The molecule has 0 N–H and O–H groups in total. The second-order valence-electron chi connectivity index (χ2n) is 3.41. The number of ether oxygens (including phenoxy) is 1. The predicted molar refractivity (Wildman–Crippen MR) is 46.7 cm³/mol. The fourth-order valence-electron chi connectivity index (χ4n) is 1.58. The van der Waals surface area contributed by atoms with Gasteiger partial charge in [0, 0.05) is 6.42 Å². The molecule has 74 valence electrons. The van der Waals surface area contributed by atoms with E-state index in [0.29, 0.717) is 12.0 Å². The summed E-state index contributed by atoms with van der Waals surface area (Å²) in [4.78, 5) is 23.0. The minimum absolute atomic E-state index is 0.164. The molecule has 2 heterocycles. The molecule has 1 saturated heterocycles. The Labute approximate surface area is 80.8 Å². The number of esters is 1. The Bertz CT molecular complexity index is 352. The van der Waals surface area contributed by atoms with Gasteiger partial charge in [-0.1, -0.05) is 0 Å². The fourth-order valence-corrected chi connectivity index (χ4v) is 1.58. The van der Waals surface area contributed by atoms with E-state index in [1.54, 1.807) is 13.0 Å². The Morgan fingerprint density at radius 3 is 2.86 bits per heavy atom. The smallest absolute Gasteiger partial charge is 0.317 e. The maximum absolute atomic E-state index is 11.7. The Balaban J connectivity index is 2.17. The molecule has 1 aliphatic heterocycles. The van der Waals surface area contributed by atoms with Gasteiger partial charge < -0.3 is 9.15 Å². The summed E-state index contributed by atoms with van der Waals surface area (Å²) < 4.78 is 9.69. The van der Waals surface area contributed by atoms with Crippen molar-refractivity contribution in [3.63, 3.8) is 0 Å². The fraction of sp³-hybridized carbons (Fsp3) is 0.400. The Kier molecular flexibility index (Phi) is 2.11. The van der Waals surface area contributed by atoms with E-state index in [4.69, 9.17) is 9.15 Å². The van der Waals surface area contributed by atoms with Crippen LogP contribution in [0.1, 0.15) is 23.7 Å². The minimum Gasteiger partial charge on any atom is -0.472 e. The van der Waals surface area contributed by atoms with E-state index < -0.39 is 11.9 Å². The first kappa shape index (κ1) is 8.99. The molecule has 1 aromatic rings. The Morgan fingerprint density at radius 2 is 2.36 bits per heavy atom. The number of carbonyl (C=O) groups is 2. The van der Waals surface area contributed by atoms with Gasteiger partial charge in [-0.15, -0.1) is 0 Å². The monoisotopic (exact) mass is 194 g/mol. The maximum Gasteiger partial charge on any atom is 0.317 e. The van der Waals surface area contributed by atoms with Crippen molar-refractivity contribution in [2.45, 2.75) is 19.4 Å². The van der Waals surface area contributed by atoms with Gasteiger partial charge in [0.1, 0.15) is 18.3 Å². The van der Waals surface area contributed by atoms with Crippen LogP contribution in [0.4, 0.5) is 0 Å². The number of cyclic esters (lactones) is 1. The van der Waals surface area contributed by atoms with Gasteiger partial charge in [-0.05, 0) is 13.0 Å². The SMILES string of the molecule is CC1CC(C(=O)c2ccoc2)C(=O)O1. The normalized spacial score (nSPS) is 26.2. The number of ketones is 1. The average Bonchev–Trinajstić information content (AvgIpc) is 2.73. The summed E-state index contributed by atoms with van der Waals surface area (Å²) in [6.45, 7) is 1.78. The molecule has 14 heavy (non-hydrogen) atoms. The molecule has 1 aromatic heterocycles. The number of carbonyl (C=O) groups excluding carboxylic acids is 2. The molecule has 2 unspecified atom stereocenters. The van der Waals surface area contributed by atoms with Gasteiger partial charge >= 0.3 is 5.97 Å². The third-order valence-corrected chi connectivity index (χ3v) is 2.29. The van der Waals surface area contributed by atoms with Gasteiger partial charge in [0.15, 0.2) is 5.78 Å². The first-order valence-corrected chi connectivity index (χ1v) is 4.45. The van der Waals surface area contributed by atoms with E-state index in [1.165, 1.54) is 12.5 Å². The summed E-state index contributed by atoms with van der Waals surface area (Å²) in [6.07, 6.45) is 3.06. The van der Waals surface area contributed by atoms with Crippen LogP contribution < -0.4 is 0 Å². The molecule has 0 amide bonds. The quantitative estimate of drug-likeness (QED) is 0.406. The van der Waals surface area contributed by atoms with E-state index in [-0.39, 0.29) is 11.9 Å². The van der Waals surface area contributed by atoms with E-state index in [0.717, 1.165) is 0 Å². The molecule has 4 heteroatoms. The summed E-state index contributed by atoms with van der Waals surface area (Å²) in [6, 6.07) is 1.55. The standard InChI is InChI=1S/C10H10O4/c1-6-4-8(10(12)14-6)9(11)7-2-3-13-5-7/h2-3,5-6,8H,4H2,1H3. The highest BCUT2D eigenvalue weighted by Crippen LogP contribution is 2.24. The van der Waals surface area contributed by atoms with E-state index in [1.807, 2.05) is 0 Å². The molecule has 1 aliphatic rings. The van der Waals surface area contributed by atoms with Crippen LogP contribution in [0.3, 0.4) is 0 Å². The summed E-state index contributed by atoms with van der Waals surface area (Å²) >= 11 is 0. The lowest BCUT2D eigenvalue weighted by molar-refractivity contribution is -0.142. The Morgan fingerprint density at radius 1 is 1.57 bits per heavy atom. The number of hydrogen-bond donors (Lipinski definition) is 0. The van der Waals surface area contributed by atoms with Gasteiger partial charge in [0.2, 0.25) is 0 Å². The molecule has 1 fully saturated rings. The lowest BCUT2D eigenvalue weighted by Gasteiger charge is -2.00. The summed E-state index contributed by atoms with van der Waals surface area (Å²) in [5.41, 5.74) is 0.432. The number of furan rings is 1. The van der Waals surface area contributed by atoms with E-state index in [9.17, 15) is 9.59 Å². The second kappa shape index (κ2) is 3.29. The summed E-state index contributed by atoms with van der Waals surface area (Å²) in [5, 5.41) is 0. The first-order chi connectivity index (χ1) is 6.68. The largest absolute Gasteiger partial charge is 0.472 e. The lowest BCUT2D eigenvalue weighted by atomic mass is 9.97. The molecular formula is C10H10O4. The lowest BCUT2D eigenvalue weighted by Crippen LogP contribution is -2.18. The van der Waals surface area contributed by atoms with Crippen molar-refractivity contribution in [1.29, 1.82) is 0 Å². The zero-order valence-electron chi connectivity index (χ0n) is 7.73. The molecule has 4 nitrogen and oxygen atoms in total. The van der Waals surface area contributed by atoms with Crippen LogP contribution in [0.25, 0.3) is 0 Å². The van der Waals surface area contributed by atoms with Crippen LogP contribution in [-0.4, -0.2) is 17.9 Å². The third-order valence-electron chi connectivity index (χ3n) is 2.29. The highest BCUT2D eigenvalue weighted by atomic mass is 16.5. The maximum atomic E-state index is 11.7. The van der Waals surface area contributed by atoms with Crippen LogP contribution in [0.15, 0.2) is 23.0 Å². The van der Waals surface area contributed by atoms with Crippen LogP contribution >= 0.6 is 0 Å². The average molecular weight is 194 g/mol. The predicted octanol–water partition coefficient (Wildman–Crippen LogP) is 1.41. The molecule has 0 aliphatic carbocycles. The molecule has 0 aromatic carbocycles. The van der Waals surface area contributed by atoms with Crippen LogP contribution in [0, 0.1) is 5.92 Å². The zero-order chi connectivity index (χ0) is 10.1. The van der Waals surface area contributed by atoms with Gasteiger partial charge in [-0.25, -0.2) is 0 Å². The number of Topliss-reactive ketones (excluding diaryl/α,β-unsaturated/α-hetero) is 1. The van der Waals surface area contributed by atoms with Gasteiger partial charge in [0.25, 0.3) is 0 Å². The van der Waals surface area contributed by atoms with Crippen molar-refractivity contribution in [2.75, 3.05) is 0 Å². The van der Waals surface area contributed by atoms with Crippen LogP contribution in [-0.2, 0) is 9.53 Å². The Hall–Kier alpha value is -1.58. The molecule has 2 rings (SSSR count). The van der Waals surface area contributed by atoms with E-state index in [2.05, 4.69) is 0 Å². The van der Waals surface area contributed by atoms with Gasteiger partial charge in [0.05, 0.1) is 11.8 Å². The van der Waals surface area contributed by atoms with Crippen molar-refractivity contribution in [2.24, 2.45) is 5.92 Å². The van der Waals surface area contributed by atoms with Crippen LogP contribution in [0.5, 0.6) is 0 Å². The molecule has 2 atom stereocenters. The van der Waals surface area contributed by atoms with Crippen molar-refractivity contribution in [1.82, 2.24) is 0 Å². The van der Waals surface area contributed by atoms with E-state index >= 15 is 0 Å². The highest BCUT2D eigenvalue weighted by molar-refractivity contribution is 6.09. The third kappa shape index (κ3) is 1.43. The number of hydrogen-bond acceptors (Lipinski definition) is 4. The molecule has 0 bridgehead atoms. The van der Waals surface area contributed by atoms with Gasteiger partial charge in [-0.2, -0.15) is 0 Å².